The summed E-state index contributed by atoms with van der Waals surface area (Å²) in [5.74, 6) is 0.845. The van der Waals surface area contributed by atoms with Crippen LogP contribution in [0.5, 0.6) is 0 Å². The van der Waals surface area contributed by atoms with Crippen molar-refractivity contribution in [2.45, 2.75) is 11.9 Å². The highest BCUT2D eigenvalue weighted by Crippen LogP contribution is 2.35. The maximum absolute atomic E-state index is 13.4. The number of rotatable bonds is 0. The number of halogens is 2. The van der Waals surface area contributed by atoms with E-state index in [0.29, 0.717) is 22.6 Å². The van der Waals surface area contributed by atoms with Gasteiger partial charge in [0, 0.05) is 17.1 Å². The van der Waals surface area contributed by atoms with Crippen molar-refractivity contribution in [3.8, 4) is 0 Å². The number of aliphatic hydroxyl groups excluding tert-OH is 1. The molecule has 0 saturated carbocycles. The lowest BCUT2D eigenvalue weighted by Gasteiger charge is -2.21. The Labute approximate surface area is 84.9 Å². The van der Waals surface area contributed by atoms with Crippen LogP contribution in [0.4, 0.5) is 4.39 Å². The van der Waals surface area contributed by atoms with E-state index in [4.69, 9.17) is 11.6 Å². The summed E-state index contributed by atoms with van der Waals surface area (Å²) in [7, 11) is 0. The summed E-state index contributed by atoms with van der Waals surface area (Å²) in [5.41, 5.74) is 1.23. The van der Waals surface area contributed by atoms with Gasteiger partial charge in [0.2, 0.25) is 0 Å². The lowest BCUT2D eigenvalue weighted by molar-refractivity contribution is 0.201. The summed E-state index contributed by atoms with van der Waals surface area (Å²) in [6.45, 7) is 0. The van der Waals surface area contributed by atoms with Crippen molar-refractivity contribution < 1.29 is 9.50 Å². The highest BCUT2D eigenvalue weighted by atomic mass is 35.5. The fourth-order valence-electron chi connectivity index (χ4n) is 1.43. The molecular formula is C9H8ClFOS. The first-order chi connectivity index (χ1) is 6.20. The standard InChI is InChI=1S/C9H8ClFOS/c10-7-2-1-5-6(9(7)11)3-13-4-8(5)12/h1-2,8,12H,3-4H2/t8-/m0/s1. The average Bonchev–Trinajstić information content (AvgIpc) is 2.12. The summed E-state index contributed by atoms with van der Waals surface area (Å²) in [6, 6.07) is 3.19. The van der Waals surface area contributed by atoms with E-state index < -0.39 is 6.10 Å². The molecule has 0 aromatic heterocycles. The van der Waals surface area contributed by atoms with Crippen LogP contribution in [0, 0.1) is 5.82 Å². The monoisotopic (exact) mass is 218 g/mol. The normalized spacial score (nSPS) is 21.3. The SMILES string of the molecule is O[C@H]1CSCc2c1ccc(Cl)c2F. The largest absolute Gasteiger partial charge is 0.388 e. The number of aliphatic hydroxyl groups is 1. The van der Waals surface area contributed by atoms with E-state index in [1.807, 2.05) is 0 Å². The van der Waals surface area contributed by atoms with Crippen LogP contribution in [0.2, 0.25) is 5.02 Å². The fourth-order valence-corrected chi connectivity index (χ4v) is 2.62. The molecule has 0 bridgehead atoms. The third-order valence-corrected chi connectivity index (χ3v) is 3.45. The molecule has 0 radical (unpaired) electrons. The molecule has 0 unspecified atom stereocenters. The molecule has 13 heavy (non-hydrogen) atoms. The summed E-state index contributed by atoms with van der Waals surface area (Å²) >= 11 is 7.15. The second-order valence-corrected chi connectivity index (χ2v) is 4.40. The van der Waals surface area contributed by atoms with E-state index in [1.165, 1.54) is 17.8 Å². The zero-order valence-corrected chi connectivity index (χ0v) is 8.33. The molecule has 1 N–H and O–H groups in total. The van der Waals surface area contributed by atoms with Gasteiger partial charge in [0.15, 0.2) is 0 Å². The minimum atomic E-state index is -0.555. The van der Waals surface area contributed by atoms with Crippen LogP contribution in [0.1, 0.15) is 17.2 Å². The van der Waals surface area contributed by atoms with Gasteiger partial charge < -0.3 is 5.11 Å². The molecule has 1 nitrogen and oxygen atoms in total. The second kappa shape index (κ2) is 3.48. The topological polar surface area (TPSA) is 20.2 Å². The molecule has 0 amide bonds. The molecular weight excluding hydrogens is 211 g/mol. The molecule has 1 aliphatic rings. The molecule has 4 heteroatoms. The summed E-state index contributed by atoms with van der Waals surface area (Å²) in [4.78, 5) is 0. The first-order valence-electron chi connectivity index (χ1n) is 3.92. The van der Waals surface area contributed by atoms with Gasteiger partial charge >= 0.3 is 0 Å². The van der Waals surface area contributed by atoms with Gasteiger partial charge in [0.05, 0.1) is 11.1 Å². The molecule has 70 valence electrons. The smallest absolute Gasteiger partial charge is 0.146 e. The number of hydrogen-bond donors (Lipinski definition) is 1. The van der Waals surface area contributed by atoms with Gasteiger partial charge in [0.25, 0.3) is 0 Å². The zero-order valence-electron chi connectivity index (χ0n) is 6.76. The molecule has 0 saturated heterocycles. The third kappa shape index (κ3) is 1.56. The quantitative estimate of drug-likeness (QED) is 0.723. The second-order valence-electron chi connectivity index (χ2n) is 2.96. The van der Waals surface area contributed by atoms with Gasteiger partial charge in [-0.3, -0.25) is 0 Å². The first-order valence-corrected chi connectivity index (χ1v) is 5.46. The Bertz CT molecular complexity index is 343. The van der Waals surface area contributed by atoms with E-state index in [0.717, 1.165) is 0 Å². The van der Waals surface area contributed by atoms with E-state index in [2.05, 4.69) is 0 Å². The number of thioether (sulfide) groups is 1. The Kier molecular flexibility index (Phi) is 2.49. The van der Waals surface area contributed by atoms with Gasteiger partial charge in [-0.25, -0.2) is 4.39 Å². The maximum atomic E-state index is 13.4. The van der Waals surface area contributed by atoms with Crippen molar-refractivity contribution >= 4 is 23.4 Å². The number of fused-ring (bicyclic) bond motifs is 1. The van der Waals surface area contributed by atoms with Crippen molar-refractivity contribution in [3.63, 3.8) is 0 Å². The Morgan fingerprint density at radius 2 is 2.31 bits per heavy atom. The Morgan fingerprint density at radius 3 is 3.08 bits per heavy atom. The molecule has 1 aromatic rings. The van der Waals surface area contributed by atoms with E-state index in [-0.39, 0.29) is 10.8 Å². The summed E-state index contributed by atoms with van der Waals surface area (Å²) in [5, 5.41) is 9.68. The molecule has 0 spiro atoms. The van der Waals surface area contributed by atoms with Gasteiger partial charge in [0.1, 0.15) is 5.82 Å². The van der Waals surface area contributed by atoms with Crippen LogP contribution >= 0.6 is 23.4 Å². The number of hydrogen-bond acceptors (Lipinski definition) is 2. The van der Waals surface area contributed by atoms with Crippen LogP contribution in [-0.2, 0) is 5.75 Å². The van der Waals surface area contributed by atoms with Crippen molar-refractivity contribution in [2.24, 2.45) is 0 Å². The van der Waals surface area contributed by atoms with Gasteiger partial charge in [-0.2, -0.15) is 11.8 Å². The van der Waals surface area contributed by atoms with Crippen molar-refractivity contribution in [2.75, 3.05) is 5.75 Å². The van der Waals surface area contributed by atoms with Crippen molar-refractivity contribution in [1.82, 2.24) is 0 Å². The van der Waals surface area contributed by atoms with E-state index >= 15 is 0 Å². The predicted octanol–water partition coefficient (Wildman–Crippen LogP) is 2.76. The molecule has 1 heterocycles. The van der Waals surface area contributed by atoms with Crippen LogP contribution < -0.4 is 0 Å². The Morgan fingerprint density at radius 1 is 1.54 bits per heavy atom. The molecule has 1 aromatic carbocycles. The van der Waals surface area contributed by atoms with Gasteiger partial charge in [-0.05, 0) is 11.6 Å². The minimum Gasteiger partial charge on any atom is -0.388 e. The number of benzene rings is 1. The highest BCUT2D eigenvalue weighted by Gasteiger charge is 2.22. The molecule has 1 atom stereocenters. The lowest BCUT2D eigenvalue weighted by Crippen LogP contribution is -2.11. The molecule has 0 aliphatic carbocycles. The summed E-state index contributed by atoms with van der Waals surface area (Å²) in [6.07, 6.45) is -0.555. The minimum absolute atomic E-state index is 0.133. The van der Waals surface area contributed by atoms with Gasteiger partial charge in [-0.1, -0.05) is 17.7 Å². The predicted molar refractivity (Wildman–Crippen MR) is 52.5 cm³/mol. The maximum Gasteiger partial charge on any atom is 0.146 e. The van der Waals surface area contributed by atoms with Crippen LogP contribution in [-0.4, -0.2) is 10.9 Å². The van der Waals surface area contributed by atoms with Crippen molar-refractivity contribution in [1.29, 1.82) is 0 Å². The van der Waals surface area contributed by atoms with Crippen LogP contribution in [0.15, 0.2) is 12.1 Å². The molecule has 1 aliphatic heterocycles. The summed E-state index contributed by atoms with van der Waals surface area (Å²) < 4.78 is 13.4. The Balaban J connectivity index is 2.56. The first kappa shape index (κ1) is 9.31. The highest BCUT2D eigenvalue weighted by molar-refractivity contribution is 7.98. The Hall–Kier alpha value is -0.250. The van der Waals surface area contributed by atoms with E-state index in [9.17, 15) is 9.50 Å². The van der Waals surface area contributed by atoms with Crippen LogP contribution in [0.25, 0.3) is 0 Å². The van der Waals surface area contributed by atoms with Gasteiger partial charge in [-0.15, -0.1) is 0 Å². The van der Waals surface area contributed by atoms with Crippen LogP contribution in [0.3, 0.4) is 0 Å². The lowest BCUT2D eigenvalue weighted by atomic mass is 10.0. The average molecular weight is 219 g/mol. The third-order valence-electron chi connectivity index (χ3n) is 2.11. The fraction of sp³-hybridized carbons (Fsp3) is 0.333. The zero-order chi connectivity index (χ0) is 9.42. The van der Waals surface area contributed by atoms with Crippen molar-refractivity contribution in [3.05, 3.63) is 34.1 Å². The molecule has 2 rings (SSSR count). The molecule has 0 fully saturated rings. The van der Waals surface area contributed by atoms with E-state index in [1.54, 1.807) is 6.07 Å².